The van der Waals surface area contributed by atoms with Crippen LogP contribution in [-0.2, 0) is 14.3 Å². The van der Waals surface area contributed by atoms with E-state index in [2.05, 4.69) is 4.74 Å². The lowest BCUT2D eigenvalue weighted by atomic mass is 9.90. The molecular weight excluding hydrogens is 232 g/mol. The van der Waals surface area contributed by atoms with Crippen LogP contribution in [0.5, 0.6) is 0 Å². The van der Waals surface area contributed by atoms with Gasteiger partial charge in [0.15, 0.2) is 11.6 Å². The predicted molar refractivity (Wildman–Crippen MR) is 66.2 cm³/mol. The first-order valence-electron chi connectivity index (χ1n) is 5.79. The predicted octanol–water partition coefficient (Wildman–Crippen LogP) is 2.03. The number of rotatable bonds is 6. The first-order chi connectivity index (χ1) is 8.60. The summed E-state index contributed by atoms with van der Waals surface area (Å²) in [4.78, 5) is 35.0. The molecule has 1 aromatic rings. The third-order valence-corrected chi connectivity index (χ3v) is 2.72. The van der Waals surface area contributed by atoms with Crippen molar-refractivity contribution in [3.05, 3.63) is 35.9 Å². The number of hydrogen-bond donors (Lipinski definition) is 0. The molecule has 0 aliphatic carbocycles. The first kappa shape index (κ1) is 14.1. The number of methoxy groups -OCH3 is 1. The largest absolute Gasteiger partial charge is 0.469 e. The molecule has 0 aliphatic rings. The summed E-state index contributed by atoms with van der Waals surface area (Å²) in [6.45, 7) is 1.75. The van der Waals surface area contributed by atoms with Crippen molar-refractivity contribution in [3.8, 4) is 0 Å². The van der Waals surface area contributed by atoms with E-state index in [-0.39, 0.29) is 12.2 Å². The van der Waals surface area contributed by atoms with Crippen LogP contribution in [0.25, 0.3) is 0 Å². The van der Waals surface area contributed by atoms with Gasteiger partial charge in [0, 0.05) is 5.56 Å². The van der Waals surface area contributed by atoms with Crippen LogP contribution in [-0.4, -0.2) is 24.6 Å². The Bertz CT molecular complexity index is 436. The minimum Gasteiger partial charge on any atom is -0.469 e. The highest BCUT2D eigenvalue weighted by Crippen LogP contribution is 2.15. The number of esters is 1. The molecule has 4 heteroatoms. The normalized spacial score (nSPS) is 11.7. The molecule has 0 saturated heterocycles. The third kappa shape index (κ3) is 3.52. The SMILES string of the molecule is CCC(C(=O)CC(=O)OC)C(=O)c1ccccc1. The molecule has 0 spiro atoms. The molecule has 1 atom stereocenters. The summed E-state index contributed by atoms with van der Waals surface area (Å²) in [5, 5.41) is 0. The molecule has 4 nitrogen and oxygen atoms in total. The van der Waals surface area contributed by atoms with E-state index in [1.165, 1.54) is 7.11 Å². The fraction of sp³-hybridized carbons (Fsp3) is 0.357. The number of ketones is 2. The van der Waals surface area contributed by atoms with Gasteiger partial charge in [-0.05, 0) is 6.42 Å². The van der Waals surface area contributed by atoms with E-state index >= 15 is 0 Å². The molecule has 0 aromatic heterocycles. The van der Waals surface area contributed by atoms with Crippen LogP contribution in [0.2, 0.25) is 0 Å². The van der Waals surface area contributed by atoms with Gasteiger partial charge in [-0.25, -0.2) is 0 Å². The van der Waals surface area contributed by atoms with Gasteiger partial charge in [-0.3, -0.25) is 14.4 Å². The zero-order valence-electron chi connectivity index (χ0n) is 10.5. The van der Waals surface area contributed by atoms with Crippen molar-refractivity contribution in [1.29, 1.82) is 0 Å². The highest BCUT2D eigenvalue weighted by atomic mass is 16.5. The van der Waals surface area contributed by atoms with Crippen molar-refractivity contribution in [2.24, 2.45) is 5.92 Å². The number of hydrogen-bond acceptors (Lipinski definition) is 4. The van der Waals surface area contributed by atoms with Gasteiger partial charge in [-0.1, -0.05) is 37.3 Å². The van der Waals surface area contributed by atoms with E-state index in [9.17, 15) is 14.4 Å². The van der Waals surface area contributed by atoms with Gasteiger partial charge < -0.3 is 4.74 Å². The minimum absolute atomic E-state index is 0.244. The molecule has 0 amide bonds. The summed E-state index contributed by atoms with van der Waals surface area (Å²) in [5.41, 5.74) is 0.488. The highest BCUT2D eigenvalue weighted by molar-refractivity contribution is 6.13. The molecule has 0 radical (unpaired) electrons. The van der Waals surface area contributed by atoms with Crippen molar-refractivity contribution in [2.75, 3.05) is 7.11 Å². The Morgan fingerprint density at radius 1 is 1.17 bits per heavy atom. The van der Waals surface area contributed by atoms with Gasteiger partial charge in [0.05, 0.1) is 13.0 Å². The molecule has 96 valence electrons. The molecular formula is C14H16O4. The van der Waals surface area contributed by atoms with Crippen molar-refractivity contribution >= 4 is 17.5 Å². The number of Topliss-reactive ketones (excluding diaryl/α,β-unsaturated/α-hetero) is 2. The van der Waals surface area contributed by atoms with Gasteiger partial charge in [0.2, 0.25) is 0 Å². The fourth-order valence-corrected chi connectivity index (χ4v) is 1.70. The average molecular weight is 248 g/mol. The summed E-state index contributed by atoms with van der Waals surface area (Å²) in [5.74, 6) is -2.02. The standard InChI is InChI=1S/C14H16O4/c1-3-11(12(15)9-13(16)18-2)14(17)10-7-5-4-6-8-10/h4-8,11H,3,9H2,1-2H3. The van der Waals surface area contributed by atoms with Crippen molar-refractivity contribution in [2.45, 2.75) is 19.8 Å². The van der Waals surface area contributed by atoms with Crippen LogP contribution in [0.15, 0.2) is 30.3 Å². The van der Waals surface area contributed by atoms with Crippen LogP contribution >= 0.6 is 0 Å². The third-order valence-electron chi connectivity index (χ3n) is 2.72. The quantitative estimate of drug-likeness (QED) is 0.439. The zero-order chi connectivity index (χ0) is 13.5. The molecule has 1 aromatic carbocycles. The molecule has 0 aliphatic heterocycles. The Labute approximate surface area is 106 Å². The molecule has 1 rings (SSSR count). The summed E-state index contributed by atoms with van der Waals surface area (Å²) in [6.07, 6.45) is 0.0249. The van der Waals surface area contributed by atoms with Gasteiger partial charge >= 0.3 is 5.97 Å². The smallest absolute Gasteiger partial charge is 0.313 e. The maximum Gasteiger partial charge on any atom is 0.313 e. The molecule has 0 saturated carbocycles. The number of benzene rings is 1. The van der Waals surface area contributed by atoms with Crippen LogP contribution in [0.4, 0.5) is 0 Å². The molecule has 0 fully saturated rings. The van der Waals surface area contributed by atoms with Crippen LogP contribution in [0.3, 0.4) is 0 Å². The summed E-state index contributed by atoms with van der Waals surface area (Å²) < 4.78 is 4.43. The topological polar surface area (TPSA) is 60.4 Å². The number of carbonyl (C=O) groups excluding carboxylic acids is 3. The number of carbonyl (C=O) groups is 3. The first-order valence-corrected chi connectivity index (χ1v) is 5.79. The maximum absolute atomic E-state index is 12.1. The summed E-state index contributed by atoms with van der Waals surface area (Å²) in [7, 11) is 1.22. The molecule has 0 N–H and O–H groups in total. The second-order valence-electron chi connectivity index (χ2n) is 3.91. The van der Waals surface area contributed by atoms with Gasteiger partial charge in [0.1, 0.15) is 6.42 Å². The zero-order valence-corrected chi connectivity index (χ0v) is 10.5. The Hall–Kier alpha value is -1.97. The van der Waals surface area contributed by atoms with Gasteiger partial charge in [0.25, 0.3) is 0 Å². The Morgan fingerprint density at radius 3 is 2.28 bits per heavy atom. The van der Waals surface area contributed by atoms with E-state index < -0.39 is 17.7 Å². The Kier molecular flexibility index (Phi) is 5.24. The van der Waals surface area contributed by atoms with E-state index in [0.29, 0.717) is 12.0 Å². The molecule has 0 bridgehead atoms. The van der Waals surface area contributed by atoms with Gasteiger partial charge in [-0.2, -0.15) is 0 Å². The monoisotopic (exact) mass is 248 g/mol. The number of ether oxygens (including phenoxy) is 1. The Balaban J connectivity index is 2.81. The second-order valence-corrected chi connectivity index (χ2v) is 3.91. The van der Waals surface area contributed by atoms with Gasteiger partial charge in [-0.15, -0.1) is 0 Å². The summed E-state index contributed by atoms with van der Waals surface area (Å²) >= 11 is 0. The fourth-order valence-electron chi connectivity index (χ4n) is 1.70. The molecule has 18 heavy (non-hydrogen) atoms. The van der Waals surface area contributed by atoms with Crippen LogP contribution in [0.1, 0.15) is 30.1 Å². The lowest BCUT2D eigenvalue weighted by Crippen LogP contribution is -2.26. The van der Waals surface area contributed by atoms with Crippen LogP contribution in [0, 0.1) is 5.92 Å². The maximum atomic E-state index is 12.1. The lowest BCUT2D eigenvalue weighted by Gasteiger charge is -2.11. The lowest BCUT2D eigenvalue weighted by molar-refractivity contribution is -0.143. The summed E-state index contributed by atoms with van der Waals surface area (Å²) in [6, 6.07) is 8.61. The second kappa shape index (κ2) is 6.69. The van der Waals surface area contributed by atoms with E-state index in [0.717, 1.165) is 0 Å². The Morgan fingerprint density at radius 2 is 1.78 bits per heavy atom. The van der Waals surface area contributed by atoms with E-state index in [4.69, 9.17) is 0 Å². The van der Waals surface area contributed by atoms with Crippen LogP contribution < -0.4 is 0 Å². The molecule has 1 unspecified atom stereocenters. The van der Waals surface area contributed by atoms with E-state index in [1.54, 1.807) is 37.3 Å². The average Bonchev–Trinajstić information content (AvgIpc) is 2.40. The van der Waals surface area contributed by atoms with Crippen molar-refractivity contribution in [1.82, 2.24) is 0 Å². The van der Waals surface area contributed by atoms with Crippen molar-refractivity contribution in [3.63, 3.8) is 0 Å². The van der Waals surface area contributed by atoms with Crippen molar-refractivity contribution < 1.29 is 19.1 Å². The molecule has 0 heterocycles. The van der Waals surface area contributed by atoms with E-state index in [1.807, 2.05) is 0 Å². The highest BCUT2D eigenvalue weighted by Gasteiger charge is 2.27. The minimum atomic E-state index is -0.772.